The van der Waals surface area contributed by atoms with E-state index in [0.29, 0.717) is 12.1 Å². The molecule has 0 saturated heterocycles. The molecule has 1 aromatic rings. The quantitative estimate of drug-likeness (QED) is 0.744. The van der Waals surface area contributed by atoms with Gasteiger partial charge in [0.05, 0.1) is 5.75 Å². The van der Waals surface area contributed by atoms with Crippen LogP contribution in [0.25, 0.3) is 0 Å². The van der Waals surface area contributed by atoms with E-state index < -0.39 is 9.84 Å². The Morgan fingerprint density at radius 1 is 1.35 bits per heavy atom. The minimum Gasteiger partial charge on any atom is -0.374 e. The first-order valence-corrected chi connectivity index (χ1v) is 7.34. The second-order valence-electron chi connectivity index (χ2n) is 4.21. The van der Waals surface area contributed by atoms with Gasteiger partial charge in [-0.05, 0) is 30.7 Å². The summed E-state index contributed by atoms with van der Waals surface area (Å²) in [6.45, 7) is 2.30. The van der Waals surface area contributed by atoms with Crippen molar-refractivity contribution < 1.29 is 13.2 Å². The van der Waals surface area contributed by atoms with Gasteiger partial charge in [-0.3, -0.25) is 4.79 Å². The summed E-state index contributed by atoms with van der Waals surface area (Å²) < 4.78 is 22.1. The first-order valence-electron chi connectivity index (χ1n) is 5.28. The molecule has 0 aliphatic carbocycles. The van der Waals surface area contributed by atoms with Gasteiger partial charge in [-0.25, -0.2) is 8.42 Å². The molecule has 0 spiro atoms. The van der Waals surface area contributed by atoms with E-state index in [9.17, 15) is 13.2 Å². The molecule has 1 rings (SSSR count). The summed E-state index contributed by atoms with van der Waals surface area (Å²) in [4.78, 5) is 12.5. The maximum atomic E-state index is 11.1. The first kappa shape index (κ1) is 13.7. The zero-order chi connectivity index (χ0) is 13.1. The van der Waals surface area contributed by atoms with E-state index in [4.69, 9.17) is 0 Å². The average Bonchev–Trinajstić information content (AvgIpc) is 2.24. The van der Waals surface area contributed by atoms with E-state index >= 15 is 0 Å². The second-order valence-corrected chi connectivity index (χ2v) is 6.47. The molecule has 0 heterocycles. The van der Waals surface area contributed by atoms with Crippen LogP contribution in [0.5, 0.6) is 0 Å². The fourth-order valence-corrected chi connectivity index (χ4v) is 2.07. The zero-order valence-corrected chi connectivity index (χ0v) is 11.1. The van der Waals surface area contributed by atoms with Crippen molar-refractivity contribution in [2.24, 2.45) is 0 Å². The third kappa shape index (κ3) is 4.19. The SMILES string of the molecule is Cc1cc(N(C)CCS(C)(=O)=O)ccc1C=O. The summed E-state index contributed by atoms with van der Waals surface area (Å²) in [5.41, 5.74) is 2.46. The molecule has 0 bridgehead atoms. The Balaban J connectivity index is 2.79. The number of carbonyl (C=O) groups is 1. The van der Waals surface area contributed by atoms with Gasteiger partial charge in [-0.2, -0.15) is 0 Å². The fourth-order valence-electron chi connectivity index (χ4n) is 1.46. The fraction of sp³-hybridized carbons (Fsp3) is 0.417. The summed E-state index contributed by atoms with van der Waals surface area (Å²) in [7, 11) is -1.11. The Hall–Kier alpha value is -1.36. The Labute approximate surface area is 102 Å². The number of benzene rings is 1. The third-order valence-corrected chi connectivity index (χ3v) is 3.54. The number of hydrogen-bond acceptors (Lipinski definition) is 4. The van der Waals surface area contributed by atoms with Gasteiger partial charge in [0.2, 0.25) is 0 Å². The molecule has 0 aliphatic heterocycles. The summed E-state index contributed by atoms with van der Waals surface area (Å²) in [5.74, 6) is 0.123. The number of nitrogens with zero attached hydrogens (tertiary/aromatic N) is 1. The third-order valence-electron chi connectivity index (χ3n) is 2.62. The van der Waals surface area contributed by atoms with Gasteiger partial charge in [0, 0.05) is 31.1 Å². The van der Waals surface area contributed by atoms with E-state index in [2.05, 4.69) is 0 Å². The van der Waals surface area contributed by atoms with E-state index in [1.165, 1.54) is 6.26 Å². The van der Waals surface area contributed by atoms with Gasteiger partial charge >= 0.3 is 0 Å². The molecule has 5 heteroatoms. The van der Waals surface area contributed by atoms with Crippen molar-refractivity contribution in [2.75, 3.05) is 30.5 Å². The van der Waals surface area contributed by atoms with Crippen LogP contribution in [-0.2, 0) is 9.84 Å². The smallest absolute Gasteiger partial charge is 0.150 e. The average molecular weight is 255 g/mol. The highest BCUT2D eigenvalue weighted by Gasteiger charge is 2.07. The number of aryl methyl sites for hydroxylation is 1. The second kappa shape index (κ2) is 5.31. The van der Waals surface area contributed by atoms with Crippen LogP contribution in [0.3, 0.4) is 0 Å². The number of sulfone groups is 1. The molecule has 0 saturated carbocycles. The molecule has 0 unspecified atom stereocenters. The Kier molecular flexibility index (Phi) is 4.28. The van der Waals surface area contributed by atoms with Gasteiger partial charge < -0.3 is 4.90 Å². The van der Waals surface area contributed by atoms with E-state index in [1.54, 1.807) is 6.07 Å². The molecule has 94 valence electrons. The van der Waals surface area contributed by atoms with Crippen molar-refractivity contribution in [2.45, 2.75) is 6.92 Å². The predicted octanol–water partition coefficient (Wildman–Crippen LogP) is 1.29. The molecule has 17 heavy (non-hydrogen) atoms. The summed E-state index contributed by atoms with van der Waals surface area (Å²) >= 11 is 0. The molecule has 0 atom stereocenters. The van der Waals surface area contributed by atoms with Gasteiger partial charge in [0.25, 0.3) is 0 Å². The van der Waals surface area contributed by atoms with Crippen LogP contribution in [0.15, 0.2) is 18.2 Å². The van der Waals surface area contributed by atoms with Crippen LogP contribution in [0.1, 0.15) is 15.9 Å². The lowest BCUT2D eigenvalue weighted by atomic mass is 10.1. The van der Waals surface area contributed by atoms with Gasteiger partial charge in [-0.15, -0.1) is 0 Å². The number of carbonyl (C=O) groups excluding carboxylic acids is 1. The van der Waals surface area contributed by atoms with Crippen LogP contribution in [0, 0.1) is 6.92 Å². The van der Waals surface area contributed by atoms with Crippen molar-refractivity contribution in [3.63, 3.8) is 0 Å². The molecular formula is C12H17NO3S. The number of rotatable bonds is 5. The number of anilines is 1. The summed E-state index contributed by atoms with van der Waals surface area (Å²) in [6, 6.07) is 5.44. The van der Waals surface area contributed by atoms with E-state index in [1.807, 2.05) is 31.0 Å². The van der Waals surface area contributed by atoms with Gasteiger partial charge in [0.1, 0.15) is 16.1 Å². The van der Waals surface area contributed by atoms with Crippen LogP contribution in [0.2, 0.25) is 0 Å². The highest BCUT2D eigenvalue weighted by atomic mass is 32.2. The van der Waals surface area contributed by atoms with Crippen molar-refractivity contribution in [3.8, 4) is 0 Å². The monoisotopic (exact) mass is 255 g/mol. The van der Waals surface area contributed by atoms with Crippen LogP contribution in [-0.4, -0.2) is 40.3 Å². The topological polar surface area (TPSA) is 54.5 Å². The highest BCUT2D eigenvalue weighted by molar-refractivity contribution is 7.90. The maximum absolute atomic E-state index is 11.1. The normalized spacial score (nSPS) is 11.2. The molecule has 0 N–H and O–H groups in total. The summed E-state index contributed by atoms with van der Waals surface area (Å²) in [5, 5.41) is 0. The minimum absolute atomic E-state index is 0.123. The molecule has 4 nitrogen and oxygen atoms in total. The highest BCUT2D eigenvalue weighted by Crippen LogP contribution is 2.17. The zero-order valence-electron chi connectivity index (χ0n) is 10.3. The van der Waals surface area contributed by atoms with Crippen molar-refractivity contribution in [1.82, 2.24) is 0 Å². The molecule has 0 radical (unpaired) electrons. The predicted molar refractivity (Wildman–Crippen MR) is 69.5 cm³/mol. The molecule has 0 amide bonds. The lowest BCUT2D eigenvalue weighted by Gasteiger charge is -2.19. The standard InChI is InChI=1S/C12H17NO3S/c1-10-8-12(5-4-11(10)9-14)13(2)6-7-17(3,15)16/h4-5,8-9H,6-7H2,1-3H3. The molecule has 0 aliphatic rings. The van der Waals surface area contributed by atoms with Crippen LogP contribution < -0.4 is 4.90 Å². The Morgan fingerprint density at radius 2 is 2.00 bits per heavy atom. The number of hydrogen-bond donors (Lipinski definition) is 0. The Bertz CT molecular complexity index is 508. The van der Waals surface area contributed by atoms with Crippen LogP contribution in [0.4, 0.5) is 5.69 Å². The summed E-state index contributed by atoms with van der Waals surface area (Å²) in [6.07, 6.45) is 2.04. The van der Waals surface area contributed by atoms with Crippen molar-refractivity contribution in [1.29, 1.82) is 0 Å². The molecule has 1 aromatic carbocycles. The first-order chi connectivity index (χ1) is 7.83. The van der Waals surface area contributed by atoms with Gasteiger partial charge in [-0.1, -0.05) is 0 Å². The van der Waals surface area contributed by atoms with E-state index in [-0.39, 0.29) is 5.75 Å². The van der Waals surface area contributed by atoms with E-state index in [0.717, 1.165) is 17.5 Å². The number of aldehydes is 1. The lowest BCUT2D eigenvalue weighted by Crippen LogP contribution is -2.24. The largest absolute Gasteiger partial charge is 0.374 e. The Morgan fingerprint density at radius 3 is 2.47 bits per heavy atom. The molecule has 0 aromatic heterocycles. The maximum Gasteiger partial charge on any atom is 0.150 e. The minimum atomic E-state index is -2.95. The van der Waals surface area contributed by atoms with Gasteiger partial charge in [0.15, 0.2) is 0 Å². The molecular weight excluding hydrogens is 238 g/mol. The van der Waals surface area contributed by atoms with Crippen LogP contribution >= 0.6 is 0 Å². The molecule has 0 fully saturated rings. The van der Waals surface area contributed by atoms with Crippen molar-refractivity contribution >= 4 is 21.8 Å². The lowest BCUT2D eigenvalue weighted by molar-refractivity contribution is 0.112. The van der Waals surface area contributed by atoms with Crippen molar-refractivity contribution in [3.05, 3.63) is 29.3 Å².